The van der Waals surface area contributed by atoms with Gasteiger partial charge in [-0.25, -0.2) is 12.4 Å². The number of piperazine rings is 1. The summed E-state index contributed by atoms with van der Waals surface area (Å²) in [5, 5.41) is 10.2. The molecule has 0 radical (unpaired) electrons. The van der Waals surface area contributed by atoms with Crippen molar-refractivity contribution < 1.29 is 18.3 Å². The zero-order chi connectivity index (χ0) is 19.3. The van der Waals surface area contributed by atoms with Crippen molar-refractivity contribution in [3.63, 3.8) is 0 Å². The third-order valence-corrected chi connectivity index (χ3v) is 5.81. The molecule has 3 aromatic heterocycles. The van der Waals surface area contributed by atoms with E-state index in [0.717, 1.165) is 31.9 Å². The van der Waals surface area contributed by atoms with Crippen molar-refractivity contribution in [1.29, 1.82) is 0 Å². The predicted molar refractivity (Wildman–Crippen MR) is 100 cm³/mol. The second-order valence-corrected chi connectivity index (χ2v) is 7.53. The second-order valence-electron chi connectivity index (χ2n) is 5.72. The summed E-state index contributed by atoms with van der Waals surface area (Å²) in [4.78, 5) is 19.0. The number of nitrogens with zero attached hydrogens (tertiary/aromatic N) is 4. The van der Waals surface area contributed by atoms with Crippen molar-refractivity contribution in [2.45, 2.75) is 4.90 Å². The van der Waals surface area contributed by atoms with Crippen molar-refractivity contribution in [2.75, 3.05) is 31.1 Å². The number of pyridine rings is 2. The van der Waals surface area contributed by atoms with E-state index in [4.69, 9.17) is 9.90 Å². The fraction of sp³-hybridized carbons (Fsp3) is 0.235. The first kappa shape index (κ1) is 18.8. The summed E-state index contributed by atoms with van der Waals surface area (Å²) in [5.74, 6) is 0. The Balaban J connectivity index is 0.000000659. The lowest BCUT2D eigenvalue weighted by Gasteiger charge is -2.28. The molecule has 9 nitrogen and oxygen atoms in total. The SMILES string of the molecule is O=CO.O=S(=O)(c1cccnc1)n1cc(N2CCNCC2)c2ncccc21. The van der Waals surface area contributed by atoms with Crippen LogP contribution in [0.4, 0.5) is 5.69 Å². The Kier molecular flexibility index (Phi) is 5.67. The van der Waals surface area contributed by atoms with Gasteiger partial charge in [-0.2, -0.15) is 0 Å². The van der Waals surface area contributed by atoms with Crippen LogP contribution < -0.4 is 10.2 Å². The van der Waals surface area contributed by atoms with E-state index in [9.17, 15) is 8.42 Å². The van der Waals surface area contributed by atoms with Gasteiger partial charge in [0.15, 0.2) is 0 Å². The molecule has 142 valence electrons. The summed E-state index contributed by atoms with van der Waals surface area (Å²) in [5.41, 5.74) is 2.13. The highest BCUT2D eigenvalue weighted by Crippen LogP contribution is 2.30. The lowest BCUT2D eigenvalue weighted by Crippen LogP contribution is -2.43. The van der Waals surface area contributed by atoms with Crippen molar-refractivity contribution in [3.05, 3.63) is 49.1 Å². The van der Waals surface area contributed by atoms with Gasteiger partial charge in [0, 0.05) is 51.0 Å². The molecule has 0 saturated carbocycles. The molecule has 0 atom stereocenters. The third-order valence-electron chi connectivity index (χ3n) is 4.15. The Morgan fingerprint density at radius 3 is 2.52 bits per heavy atom. The van der Waals surface area contributed by atoms with Crippen LogP contribution in [0, 0.1) is 0 Å². The quantitative estimate of drug-likeness (QED) is 0.631. The van der Waals surface area contributed by atoms with E-state index < -0.39 is 10.0 Å². The van der Waals surface area contributed by atoms with E-state index in [-0.39, 0.29) is 11.4 Å². The minimum absolute atomic E-state index is 0.164. The maximum atomic E-state index is 13.0. The number of hydrogen-bond acceptors (Lipinski definition) is 7. The zero-order valence-electron chi connectivity index (χ0n) is 14.4. The number of nitrogens with one attached hydrogen (secondary N) is 1. The minimum atomic E-state index is -3.71. The van der Waals surface area contributed by atoms with Crippen LogP contribution in [-0.4, -0.2) is 60.1 Å². The average molecular weight is 389 g/mol. The number of fused-ring (bicyclic) bond motifs is 1. The van der Waals surface area contributed by atoms with Crippen LogP contribution in [0.3, 0.4) is 0 Å². The van der Waals surface area contributed by atoms with Crippen molar-refractivity contribution in [2.24, 2.45) is 0 Å². The van der Waals surface area contributed by atoms with Gasteiger partial charge in [-0.05, 0) is 24.3 Å². The number of hydrogen-bond donors (Lipinski definition) is 2. The van der Waals surface area contributed by atoms with E-state index >= 15 is 0 Å². The first-order valence-corrected chi connectivity index (χ1v) is 9.69. The first-order valence-electron chi connectivity index (χ1n) is 8.25. The molecule has 1 aliphatic heterocycles. The van der Waals surface area contributed by atoms with Gasteiger partial charge in [0.05, 0.1) is 11.2 Å². The van der Waals surface area contributed by atoms with Gasteiger partial charge in [-0.15, -0.1) is 0 Å². The minimum Gasteiger partial charge on any atom is -0.483 e. The summed E-state index contributed by atoms with van der Waals surface area (Å²) in [6, 6.07) is 6.70. The number of aromatic nitrogens is 3. The van der Waals surface area contributed by atoms with Gasteiger partial charge in [-0.1, -0.05) is 0 Å². The lowest BCUT2D eigenvalue weighted by molar-refractivity contribution is -0.122. The van der Waals surface area contributed by atoms with E-state index in [1.54, 1.807) is 42.9 Å². The number of carboxylic acid groups (broad SMARTS) is 1. The molecule has 1 fully saturated rings. The average Bonchev–Trinajstić information content (AvgIpc) is 3.10. The molecule has 1 aliphatic rings. The Labute approximate surface area is 156 Å². The fourth-order valence-corrected chi connectivity index (χ4v) is 4.28. The molecule has 0 amide bonds. The molecule has 4 heterocycles. The van der Waals surface area contributed by atoms with E-state index in [2.05, 4.69) is 20.2 Å². The van der Waals surface area contributed by atoms with Crippen LogP contribution in [-0.2, 0) is 14.8 Å². The maximum Gasteiger partial charge on any atom is 0.290 e. The smallest absolute Gasteiger partial charge is 0.290 e. The number of rotatable bonds is 3. The van der Waals surface area contributed by atoms with Crippen molar-refractivity contribution in [3.8, 4) is 0 Å². The molecular formula is C17H19N5O4S. The largest absolute Gasteiger partial charge is 0.483 e. The molecule has 0 aliphatic carbocycles. The molecule has 2 N–H and O–H groups in total. The monoisotopic (exact) mass is 389 g/mol. The van der Waals surface area contributed by atoms with Crippen molar-refractivity contribution in [1.82, 2.24) is 19.3 Å². The van der Waals surface area contributed by atoms with Gasteiger partial charge in [0.25, 0.3) is 16.5 Å². The van der Waals surface area contributed by atoms with Crippen LogP contribution in [0.1, 0.15) is 0 Å². The molecule has 27 heavy (non-hydrogen) atoms. The Morgan fingerprint density at radius 1 is 1.15 bits per heavy atom. The molecule has 3 aromatic rings. The Morgan fingerprint density at radius 2 is 1.85 bits per heavy atom. The molecule has 1 saturated heterocycles. The van der Waals surface area contributed by atoms with Gasteiger partial charge in [-0.3, -0.25) is 14.8 Å². The summed E-state index contributed by atoms with van der Waals surface area (Å²) in [6.45, 7) is 3.13. The fourth-order valence-electron chi connectivity index (χ4n) is 2.96. The van der Waals surface area contributed by atoms with Crippen LogP contribution in [0.5, 0.6) is 0 Å². The molecule has 0 bridgehead atoms. The Bertz CT molecular complexity index is 1010. The topological polar surface area (TPSA) is 117 Å². The molecular weight excluding hydrogens is 370 g/mol. The third kappa shape index (κ3) is 3.76. The van der Waals surface area contributed by atoms with Crippen LogP contribution in [0.2, 0.25) is 0 Å². The molecule has 0 aromatic carbocycles. The summed E-state index contributed by atoms with van der Waals surface area (Å²) in [7, 11) is -3.71. The second kappa shape index (κ2) is 8.14. The van der Waals surface area contributed by atoms with Crippen LogP contribution in [0.15, 0.2) is 53.9 Å². The highest BCUT2D eigenvalue weighted by atomic mass is 32.2. The molecule has 4 rings (SSSR count). The van der Waals surface area contributed by atoms with Gasteiger partial charge in [0.2, 0.25) is 0 Å². The van der Waals surface area contributed by atoms with Crippen molar-refractivity contribution >= 4 is 33.2 Å². The van der Waals surface area contributed by atoms with E-state index in [0.29, 0.717) is 11.0 Å². The predicted octanol–water partition coefficient (Wildman–Crippen LogP) is 0.779. The normalized spacial score (nSPS) is 14.4. The molecule has 0 spiro atoms. The standard InChI is InChI=1S/C16H17N5O2S.CH2O2/c22-24(23,13-3-1-5-18-11-13)21-12-15(20-9-7-17-8-10-20)16-14(21)4-2-6-19-16;2-1-3/h1-6,11-12,17H,7-10H2;1H,(H,2,3). The van der Waals surface area contributed by atoms with Gasteiger partial charge < -0.3 is 15.3 Å². The summed E-state index contributed by atoms with van der Waals surface area (Å²) < 4.78 is 27.3. The first-order chi connectivity index (χ1) is 13.1. The summed E-state index contributed by atoms with van der Waals surface area (Å²) in [6.07, 6.45) is 6.28. The zero-order valence-corrected chi connectivity index (χ0v) is 15.2. The number of anilines is 1. The number of carbonyl (C=O) groups is 1. The van der Waals surface area contributed by atoms with Crippen LogP contribution in [0.25, 0.3) is 11.0 Å². The van der Waals surface area contributed by atoms with Gasteiger partial charge in [0.1, 0.15) is 10.4 Å². The maximum absolute atomic E-state index is 13.0. The van der Waals surface area contributed by atoms with Crippen LogP contribution >= 0.6 is 0 Å². The van der Waals surface area contributed by atoms with E-state index in [1.807, 2.05) is 0 Å². The highest BCUT2D eigenvalue weighted by Gasteiger charge is 2.24. The molecule has 10 heteroatoms. The highest BCUT2D eigenvalue weighted by molar-refractivity contribution is 7.90. The van der Waals surface area contributed by atoms with E-state index in [1.165, 1.54) is 10.2 Å². The van der Waals surface area contributed by atoms with Gasteiger partial charge >= 0.3 is 0 Å². The Hall–Kier alpha value is -2.98. The molecule has 0 unspecified atom stereocenters. The lowest BCUT2D eigenvalue weighted by atomic mass is 10.3. The summed E-state index contributed by atoms with van der Waals surface area (Å²) >= 11 is 0.